The molecule has 0 radical (unpaired) electrons. The van der Waals surface area contributed by atoms with Crippen molar-refractivity contribution in [2.45, 2.75) is 27.7 Å². The lowest BCUT2D eigenvalue weighted by atomic mass is 9.96. The van der Waals surface area contributed by atoms with Crippen LogP contribution in [0.3, 0.4) is 0 Å². The van der Waals surface area contributed by atoms with Crippen LogP contribution in [0.5, 0.6) is 0 Å². The van der Waals surface area contributed by atoms with Gasteiger partial charge < -0.3 is 15.3 Å². The van der Waals surface area contributed by atoms with Crippen molar-refractivity contribution in [1.82, 2.24) is 4.90 Å². The van der Waals surface area contributed by atoms with E-state index in [4.69, 9.17) is 5.11 Å². The summed E-state index contributed by atoms with van der Waals surface area (Å²) in [4.78, 5) is 24.5. The molecule has 0 heterocycles. The molecule has 0 atom stereocenters. The first-order valence-electron chi connectivity index (χ1n) is 6.46. The molecule has 0 aromatic heterocycles. The fourth-order valence-electron chi connectivity index (χ4n) is 1.93. The van der Waals surface area contributed by atoms with Gasteiger partial charge in [-0.2, -0.15) is 0 Å². The van der Waals surface area contributed by atoms with Crippen LogP contribution in [0.15, 0.2) is 18.2 Å². The van der Waals surface area contributed by atoms with Gasteiger partial charge in [-0.05, 0) is 36.1 Å². The number of anilines is 1. The van der Waals surface area contributed by atoms with E-state index in [0.717, 1.165) is 5.56 Å². The number of aryl methyl sites for hydroxylation is 1. The summed E-state index contributed by atoms with van der Waals surface area (Å²) in [7, 11) is 1.74. The number of carbonyl (C=O) groups excluding carboxylic acids is 1. The van der Waals surface area contributed by atoms with Gasteiger partial charge in [0.2, 0.25) is 0 Å². The molecule has 20 heavy (non-hydrogen) atoms. The second kappa shape index (κ2) is 5.94. The number of nitrogens with one attached hydrogen (secondary N) is 1. The Balaban J connectivity index is 2.78. The van der Waals surface area contributed by atoms with Crippen LogP contribution >= 0.6 is 0 Å². The fourth-order valence-corrected chi connectivity index (χ4v) is 1.93. The number of carboxylic acids is 1. The molecule has 1 aromatic carbocycles. The summed E-state index contributed by atoms with van der Waals surface area (Å²) >= 11 is 0. The van der Waals surface area contributed by atoms with E-state index in [9.17, 15) is 9.59 Å². The van der Waals surface area contributed by atoms with Gasteiger partial charge in [0.25, 0.3) is 0 Å². The Morgan fingerprint density at radius 3 is 2.35 bits per heavy atom. The molecule has 0 aliphatic heterocycles. The van der Waals surface area contributed by atoms with Crippen molar-refractivity contribution in [2.75, 3.05) is 18.9 Å². The lowest BCUT2D eigenvalue weighted by molar-refractivity contribution is 0.0697. The molecule has 5 nitrogen and oxygen atoms in total. The highest BCUT2D eigenvalue weighted by molar-refractivity contribution is 5.92. The van der Waals surface area contributed by atoms with Gasteiger partial charge in [-0.25, -0.2) is 9.59 Å². The normalized spacial score (nSPS) is 11.1. The zero-order chi connectivity index (χ0) is 15.5. The van der Waals surface area contributed by atoms with Crippen LogP contribution in [0.25, 0.3) is 0 Å². The van der Waals surface area contributed by atoms with Crippen LogP contribution in [-0.4, -0.2) is 35.6 Å². The molecule has 1 rings (SSSR count). The third kappa shape index (κ3) is 4.57. The molecular formula is C15H22N2O3. The van der Waals surface area contributed by atoms with Crippen molar-refractivity contribution in [3.05, 3.63) is 29.3 Å². The summed E-state index contributed by atoms with van der Waals surface area (Å²) in [5.74, 6) is -0.976. The number of amides is 2. The standard InChI is InChI=1S/C15H22N2O3/c1-10-8-11(13(18)19)6-7-12(10)16-14(20)17(5)9-15(2,3)4/h6-8H,9H2,1-5H3,(H,16,20)(H,18,19). The average Bonchev–Trinajstić information content (AvgIpc) is 2.29. The Kier molecular flexibility index (Phi) is 4.76. The third-order valence-electron chi connectivity index (χ3n) is 2.77. The van der Waals surface area contributed by atoms with Crippen molar-refractivity contribution in [3.8, 4) is 0 Å². The number of hydrogen-bond acceptors (Lipinski definition) is 2. The first kappa shape index (κ1) is 16.0. The van der Waals surface area contributed by atoms with E-state index in [1.54, 1.807) is 31.0 Å². The lowest BCUT2D eigenvalue weighted by Crippen LogP contribution is -2.37. The van der Waals surface area contributed by atoms with E-state index >= 15 is 0 Å². The Morgan fingerprint density at radius 2 is 1.90 bits per heavy atom. The number of carbonyl (C=O) groups is 2. The molecule has 0 spiro atoms. The third-order valence-corrected chi connectivity index (χ3v) is 2.77. The number of hydrogen-bond donors (Lipinski definition) is 2. The molecule has 2 amide bonds. The molecule has 0 saturated carbocycles. The zero-order valence-electron chi connectivity index (χ0n) is 12.7. The minimum atomic E-state index is -0.976. The van der Waals surface area contributed by atoms with Crippen molar-refractivity contribution >= 4 is 17.7 Å². The number of rotatable bonds is 3. The number of nitrogens with zero attached hydrogens (tertiary/aromatic N) is 1. The van der Waals surface area contributed by atoms with E-state index in [2.05, 4.69) is 26.1 Å². The minimum absolute atomic E-state index is 0.0221. The largest absolute Gasteiger partial charge is 0.478 e. The first-order valence-corrected chi connectivity index (χ1v) is 6.46. The Labute approximate surface area is 119 Å². The van der Waals surface area contributed by atoms with Gasteiger partial charge in [-0.15, -0.1) is 0 Å². The topological polar surface area (TPSA) is 69.6 Å². The quantitative estimate of drug-likeness (QED) is 0.892. The number of urea groups is 1. The van der Waals surface area contributed by atoms with E-state index < -0.39 is 5.97 Å². The van der Waals surface area contributed by atoms with Crippen LogP contribution in [0, 0.1) is 12.3 Å². The van der Waals surface area contributed by atoms with Gasteiger partial charge in [-0.3, -0.25) is 0 Å². The fraction of sp³-hybridized carbons (Fsp3) is 0.467. The molecule has 110 valence electrons. The number of aromatic carboxylic acids is 1. The van der Waals surface area contributed by atoms with Crippen LogP contribution in [0.2, 0.25) is 0 Å². The summed E-state index contributed by atoms with van der Waals surface area (Å²) in [6, 6.07) is 4.43. The second-order valence-electron chi connectivity index (χ2n) is 6.18. The maximum Gasteiger partial charge on any atom is 0.335 e. The van der Waals surface area contributed by atoms with Gasteiger partial charge in [0.1, 0.15) is 0 Å². The number of benzene rings is 1. The van der Waals surface area contributed by atoms with Gasteiger partial charge >= 0.3 is 12.0 Å². The minimum Gasteiger partial charge on any atom is -0.478 e. The van der Waals surface area contributed by atoms with E-state index in [1.807, 2.05) is 0 Å². The molecule has 1 aromatic rings. The predicted molar refractivity (Wildman–Crippen MR) is 79.2 cm³/mol. The van der Waals surface area contributed by atoms with Gasteiger partial charge in [0, 0.05) is 19.3 Å². The average molecular weight is 278 g/mol. The Bertz CT molecular complexity index is 518. The molecule has 0 saturated heterocycles. The van der Waals surface area contributed by atoms with Gasteiger partial charge in [0.15, 0.2) is 0 Å². The van der Waals surface area contributed by atoms with Gasteiger partial charge in [-0.1, -0.05) is 20.8 Å². The maximum absolute atomic E-state index is 12.1. The van der Waals surface area contributed by atoms with Crippen LogP contribution in [0.4, 0.5) is 10.5 Å². The van der Waals surface area contributed by atoms with Gasteiger partial charge in [0.05, 0.1) is 5.56 Å². The molecule has 0 fully saturated rings. The van der Waals surface area contributed by atoms with Crippen LogP contribution in [-0.2, 0) is 0 Å². The van der Waals surface area contributed by atoms with E-state index in [1.165, 1.54) is 6.07 Å². The van der Waals surface area contributed by atoms with Crippen molar-refractivity contribution in [2.24, 2.45) is 5.41 Å². The summed E-state index contributed by atoms with van der Waals surface area (Å²) in [6.07, 6.45) is 0. The highest BCUT2D eigenvalue weighted by atomic mass is 16.4. The summed E-state index contributed by atoms with van der Waals surface area (Å²) < 4.78 is 0. The summed E-state index contributed by atoms with van der Waals surface area (Å²) in [5.41, 5.74) is 1.58. The number of carboxylic acid groups (broad SMARTS) is 1. The smallest absolute Gasteiger partial charge is 0.335 e. The van der Waals surface area contributed by atoms with Crippen molar-refractivity contribution in [1.29, 1.82) is 0 Å². The van der Waals surface area contributed by atoms with Crippen LogP contribution in [0.1, 0.15) is 36.7 Å². The Hall–Kier alpha value is -2.04. The lowest BCUT2D eigenvalue weighted by Gasteiger charge is -2.27. The van der Waals surface area contributed by atoms with Crippen molar-refractivity contribution < 1.29 is 14.7 Å². The summed E-state index contributed by atoms with van der Waals surface area (Å²) in [6.45, 7) is 8.58. The van der Waals surface area contributed by atoms with E-state index in [-0.39, 0.29) is 17.0 Å². The SMILES string of the molecule is Cc1cc(C(=O)O)ccc1NC(=O)N(C)CC(C)(C)C. The molecule has 0 aliphatic carbocycles. The monoisotopic (exact) mass is 278 g/mol. The molecule has 2 N–H and O–H groups in total. The zero-order valence-corrected chi connectivity index (χ0v) is 12.7. The Morgan fingerprint density at radius 1 is 1.30 bits per heavy atom. The molecule has 0 bridgehead atoms. The second-order valence-corrected chi connectivity index (χ2v) is 6.18. The highest BCUT2D eigenvalue weighted by Crippen LogP contribution is 2.18. The molecular weight excluding hydrogens is 256 g/mol. The molecule has 0 unspecified atom stereocenters. The van der Waals surface area contributed by atoms with E-state index in [0.29, 0.717) is 12.2 Å². The molecule has 5 heteroatoms. The first-order chi connectivity index (χ1) is 9.10. The van der Waals surface area contributed by atoms with Crippen LogP contribution < -0.4 is 5.32 Å². The van der Waals surface area contributed by atoms with Crippen molar-refractivity contribution in [3.63, 3.8) is 0 Å². The highest BCUT2D eigenvalue weighted by Gasteiger charge is 2.18. The summed E-state index contributed by atoms with van der Waals surface area (Å²) in [5, 5.41) is 11.7. The predicted octanol–water partition coefficient (Wildman–Crippen LogP) is 3.20. The molecule has 0 aliphatic rings. The maximum atomic E-state index is 12.1.